The van der Waals surface area contributed by atoms with Crippen molar-refractivity contribution in [3.63, 3.8) is 0 Å². The van der Waals surface area contributed by atoms with Gasteiger partial charge in [-0.25, -0.2) is 4.98 Å². The summed E-state index contributed by atoms with van der Waals surface area (Å²) in [5.41, 5.74) is 1.10. The summed E-state index contributed by atoms with van der Waals surface area (Å²) in [6, 6.07) is 1.75. The zero-order valence-electron chi connectivity index (χ0n) is 16.5. The molecule has 1 unspecified atom stereocenters. The van der Waals surface area contributed by atoms with Crippen molar-refractivity contribution < 1.29 is 4.79 Å². The van der Waals surface area contributed by atoms with E-state index in [0.29, 0.717) is 17.8 Å². The molecule has 0 aromatic carbocycles. The molecule has 2 aliphatic heterocycles. The number of piperidine rings is 2. The molecule has 1 aromatic rings. The molecule has 0 N–H and O–H groups in total. The summed E-state index contributed by atoms with van der Waals surface area (Å²) in [5.74, 6) is 1.92. The topological polar surface area (TPSA) is 58.4 Å². The molecular formula is C21H32N4O2. The van der Waals surface area contributed by atoms with Crippen LogP contribution in [0.2, 0.25) is 0 Å². The van der Waals surface area contributed by atoms with Gasteiger partial charge in [0, 0.05) is 45.1 Å². The Kier molecular flexibility index (Phi) is 5.62. The van der Waals surface area contributed by atoms with E-state index in [1.165, 1.54) is 19.3 Å². The largest absolute Gasteiger partial charge is 0.343 e. The Hall–Kier alpha value is -1.69. The van der Waals surface area contributed by atoms with E-state index in [2.05, 4.69) is 9.88 Å². The van der Waals surface area contributed by atoms with Crippen LogP contribution in [0.25, 0.3) is 0 Å². The van der Waals surface area contributed by atoms with E-state index < -0.39 is 0 Å². The monoisotopic (exact) mass is 372 g/mol. The molecule has 0 radical (unpaired) electrons. The minimum atomic E-state index is 0.112. The molecule has 3 fully saturated rings. The van der Waals surface area contributed by atoms with Crippen LogP contribution in [0, 0.1) is 11.8 Å². The normalized spacial score (nSPS) is 24.9. The number of nitrogens with zero attached hydrogens (tertiary/aromatic N) is 4. The molecule has 1 amide bonds. The molecule has 6 heteroatoms. The third-order valence-corrected chi connectivity index (χ3v) is 6.54. The SMILES string of the molecule is CC(=O)N1CCCC(CN2CCC(Cn3cnc(C4CC4)cc3=O)CC2)C1. The molecule has 148 valence electrons. The zero-order chi connectivity index (χ0) is 18.8. The van der Waals surface area contributed by atoms with Gasteiger partial charge in [-0.2, -0.15) is 0 Å². The van der Waals surface area contributed by atoms with Gasteiger partial charge in [0.15, 0.2) is 0 Å². The van der Waals surface area contributed by atoms with E-state index >= 15 is 0 Å². The minimum Gasteiger partial charge on any atom is -0.343 e. The molecule has 6 nitrogen and oxygen atoms in total. The summed E-state index contributed by atoms with van der Waals surface area (Å²) in [6.07, 6.45) is 8.77. The number of rotatable bonds is 5. The quantitative estimate of drug-likeness (QED) is 0.794. The molecule has 1 atom stereocenters. The molecular weight excluding hydrogens is 340 g/mol. The predicted octanol–water partition coefficient (Wildman–Crippen LogP) is 2.09. The van der Waals surface area contributed by atoms with E-state index in [4.69, 9.17) is 0 Å². The highest BCUT2D eigenvalue weighted by Gasteiger charge is 2.27. The predicted molar refractivity (Wildman–Crippen MR) is 105 cm³/mol. The van der Waals surface area contributed by atoms with Gasteiger partial charge in [-0.05, 0) is 63.5 Å². The van der Waals surface area contributed by atoms with Crippen molar-refractivity contribution in [3.05, 3.63) is 28.4 Å². The molecule has 3 aliphatic rings. The van der Waals surface area contributed by atoms with Crippen LogP contribution in [0.15, 0.2) is 17.2 Å². The van der Waals surface area contributed by atoms with Crippen molar-refractivity contribution >= 4 is 5.91 Å². The lowest BCUT2D eigenvalue weighted by Gasteiger charge is -2.38. The van der Waals surface area contributed by atoms with Gasteiger partial charge in [0.2, 0.25) is 5.91 Å². The third kappa shape index (κ3) is 4.78. The summed E-state index contributed by atoms with van der Waals surface area (Å²) in [4.78, 5) is 33.0. The highest BCUT2D eigenvalue weighted by Crippen LogP contribution is 2.38. The van der Waals surface area contributed by atoms with Gasteiger partial charge in [-0.1, -0.05) is 0 Å². The lowest BCUT2D eigenvalue weighted by molar-refractivity contribution is -0.130. The van der Waals surface area contributed by atoms with E-state index in [0.717, 1.165) is 64.2 Å². The standard InChI is InChI=1S/C21H32N4O2/c1-16(26)24-8-2-3-18(14-24)12-23-9-6-17(7-10-23)13-25-15-22-20(11-21(25)27)19-4-5-19/h11,15,17-19H,2-10,12-14H2,1H3. The fourth-order valence-electron chi connectivity index (χ4n) is 4.67. The first-order valence-corrected chi connectivity index (χ1v) is 10.6. The second kappa shape index (κ2) is 8.13. The Morgan fingerprint density at radius 1 is 1.07 bits per heavy atom. The number of amides is 1. The first-order chi connectivity index (χ1) is 13.1. The Bertz CT molecular complexity index is 719. The molecule has 2 saturated heterocycles. The van der Waals surface area contributed by atoms with Gasteiger partial charge in [-0.15, -0.1) is 0 Å². The second-order valence-corrected chi connectivity index (χ2v) is 8.80. The van der Waals surface area contributed by atoms with Gasteiger partial charge in [-0.3, -0.25) is 14.2 Å². The summed E-state index contributed by atoms with van der Waals surface area (Å²) in [5, 5.41) is 0. The van der Waals surface area contributed by atoms with Crippen molar-refractivity contribution in [2.24, 2.45) is 11.8 Å². The summed E-state index contributed by atoms with van der Waals surface area (Å²) < 4.78 is 1.80. The number of hydrogen-bond donors (Lipinski definition) is 0. The van der Waals surface area contributed by atoms with Gasteiger partial charge in [0.25, 0.3) is 5.56 Å². The maximum absolute atomic E-state index is 12.3. The minimum absolute atomic E-state index is 0.112. The van der Waals surface area contributed by atoms with Crippen LogP contribution in [0.4, 0.5) is 0 Å². The van der Waals surface area contributed by atoms with Gasteiger partial charge in [0.1, 0.15) is 0 Å². The number of hydrogen-bond acceptors (Lipinski definition) is 4. The second-order valence-electron chi connectivity index (χ2n) is 8.80. The lowest BCUT2D eigenvalue weighted by atomic mass is 9.93. The number of carbonyl (C=O) groups excluding carboxylic acids is 1. The molecule has 1 aliphatic carbocycles. The van der Waals surface area contributed by atoms with Crippen LogP contribution in [-0.4, -0.2) is 58.0 Å². The highest BCUT2D eigenvalue weighted by atomic mass is 16.2. The fourth-order valence-corrected chi connectivity index (χ4v) is 4.67. The molecule has 0 spiro atoms. The van der Waals surface area contributed by atoms with Crippen LogP contribution in [0.5, 0.6) is 0 Å². The van der Waals surface area contributed by atoms with Crippen LogP contribution >= 0.6 is 0 Å². The van der Waals surface area contributed by atoms with Crippen LogP contribution in [0.3, 0.4) is 0 Å². The zero-order valence-corrected chi connectivity index (χ0v) is 16.5. The van der Waals surface area contributed by atoms with E-state index in [1.807, 2.05) is 4.90 Å². The molecule has 4 rings (SSSR count). The molecule has 3 heterocycles. The average Bonchev–Trinajstić information content (AvgIpc) is 3.50. The Labute approximate surface area is 161 Å². The summed E-state index contributed by atoms with van der Waals surface area (Å²) in [7, 11) is 0. The lowest BCUT2D eigenvalue weighted by Crippen LogP contribution is -2.45. The van der Waals surface area contributed by atoms with Crippen molar-refractivity contribution in [1.29, 1.82) is 0 Å². The smallest absolute Gasteiger partial charge is 0.253 e. The van der Waals surface area contributed by atoms with Crippen molar-refractivity contribution in [2.45, 2.75) is 57.9 Å². The fraction of sp³-hybridized carbons (Fsp3) is 0.762. The van der Waals surface area contributed by atoms with Crippen LogP contribution in [0.1, 0.15) is 57.1 Å². The molecule has 0 bridgehead atoms. The van der Waals surface area contributed by atoms with Gasteiger partial charge >= 0.3 is 0 Å². The number of aromatic nitrogens is 2. The van der Waals surface area contributed by atoms with E-state index in [9.17, 15) is 9.59 Å². The van der Waals surface area contributed by atoms with Crippen molar-refractivity contribution in [1.82, 2.24) is 19.4 Å². The Morgan fingerprint density at radius 2 is 1.85 bits per heavy atom. The van der Waals surface area contributed by atoms with Crippen molar-refractivity contribution in [2.75, 3.05) is 32.7 Å². The summed E-state index contributed by atoms with van der Waals surface area (Å²) in [6.45, 7) is 7.63. The molecule has 1 saturated carbocycles. The maximum Gasteiger partial charge on any atom is 0.253 e. The Morgan fingerprint density at radius 3 is 2.52 bits per heavy atom. The Balaban J connectivity index is 1.24. The number of carbonyl (C=O) groups is 1. The third-order valence-electron chi connectivity index (χ3n) is 6.54. The van der Waals surface area contributed by atoms with Crippen LogP contribution in [-0.2, 0) is 11.3 Å². The number of likely N-dealkylation sites (tertiary alicyclic amines) is 2. The van der Waals surface area contributed by atoms with Crippen molar-refractivity contribution in [3.8, 4) is 0 Å². The first kappa shape index (κ1) is 18.7. The summed E-state index contributed by atoms with van der Waals surface area (Å²) >= 11 is 0. The maximum atomic E-state index is 12.3. The highest BCUT2D eigenvalue weighted by molar-refractivity contribution is 5.73. The first-order valence-electron chi connectivity index (χ1n) is 10.6. The van der Waals surface area contributed by atoms with E-state index in [1.54, 1.807) is 23.9 Å². The van der Waals surface area contributed by atoms with E-state index in [-0.39, 0.29) is 11.5 Å². The van der Waals surface area contributed by atoms with Crippen LogP contribution < -0.4 is 5.56 Å². The molecule has 1 aromatic heterocycles. The molecule has 27 heavy (non-hydrogen) atoms. The average molecular weight is 373 g/mol. The van der Waals surface area contributed by atoms with Gasteiger partial charge < -0.3 is 9.80 Å². The van der Waals surface area contributed by atoms with Gasteiger partial charge in [0.05, 0.1) is 12.0 Å².